The van der Waals surface area contributed by atoms with Crippen LogP contribution >= 0.6 is 11.3 Å². The summed E-state index contributed by atoms with van der Waals surface area (Å²) >= 11 is 1.55. The molecule has 5 heteroatoms. The van der Waals surface area contributed by atoms with Crippen LogP contribution in [0.1, 0.15) is 26.2 Å². The maximum atomic E-state index is 13.0. The molecular formula is C14H19FN2OS. The normalized spacial score (nSPS) is 11.1. The van der Waals surface area contributed by atoms with Crippen molar-refractivity contribution in [1.29, 1.82) is 0 Å². The van der Waals surface area contributed by atoms with Crippen molar-refractivity contribution in [2.75, 3.05) is 25.1 Å². The Labute approximate surface area is 116 Å². The molecule has 1 aromatic heterocycles. The van der Waals surface area contributed by atoms with Crippen molar-refractivity contribution < 1.29 is 9.13 Å². The van der Waals surface area contributed by atoms with Gasteiger partial charge in [0.15, 0.2) is 5.13 Å². The number of hydrogen-bond acceptors (Lipinski definition) is 4. The van der Waals surface area contributed by atoms with Gasteiger partial charge in [-0.2, -0.15) is 0 Å². The predicted molar refractivity (Wildman–Crippen MR) is 78.4 cm³/mol. The number of nitrogens with zero attached hydrogens (tertiary/aromatic N) is 1. The molecule has 104 valence electrons. The van der Waals surface area contributed by atoms with Crippen molar-refractivity contribution >= 4 is 26.7 Å². The molecule has 0 radical (unpaired) electrons. The van der Waals surface area contributed by atoms with E-state index in [4.69, 9.17) is 4.74 Å². The van der Waals surface area contributed by atoms with Gasteiger partial charge >= 0.3 is 0 Å². The second-order valence-corrected chi connectivity index (χ2v) is 5.41. The molecule has 0 spiro atoms. The Bertz CT molecular complexity index is 515. The molecule has 0 bridgehead atoms. The summed E-state index contributed by atoms with van der Waals surface area (Å²) in [5.74, 6) is -0.242. The molecule has 3 nitrogen and oxygen atoms in total. The standard InChI is InChI=1S/C14H19FN2OS/c1-2-3-8-18-9-4-7-16-14-17-12-10-11(15)5-6-13(12)19-14/h5-6,10H,2-4,7-9H2,1H3,(H,16,17). The van der Waals surface area contributed by atoms with E-state index in [1.807, 2.05) is 0 Å². The molecule has 1 N–H and O–H groups in total. The number of nitrogens with one attached hydrogen (secondary N) is 1. The minimum Gasteiger partial charge on any atom is -0.381 e. The average Bonchev–Trinajstić information content (AvgIpc) is 2.79. The summed E-state index contributed by atoms with van der Waals surface area (Å²) in [5, 5.41) is 4.09. The average molecular weight is 282 g/mol. The van der Waals surface area contributed by atoms with E-state index in [1.165, 1.54) is 18.6 Å². The van der Waals surface area contributed by atoms with Gasteiger partial charge in [-0.05, 0) is 25.0 Å². The van der Waals surface area contributed by atoms with Gasteiger partial charge in [0, 0.05) is 25.8 Å². The molecule has 2 aromatic rings. The highest BCUT2D eigenvalue weighted by Crippen LogP contribution is 2.26. The molecule has 0 aliphatic heterocycles. The van der Waals surface area contributed by atoms with Crippen molar-refractivity contribution in [2.45, 2.75) is 26.2 Å². The third-order valence-electron chi connectivity index (χ3n) is 2.73. The van der Waals surface area contributed by atoms with Crippen LogP contribution in [0.5, 0.6) is 0 Å². The Morgan fingerprint density at radius 3 is 3.00 bits per heavy atom. The van der Waals surface area contributed by atoms with E-state index in [1.54, 1.807) is 17.4 Å². The number of hydrogen-bond donors (Lipinski definition) is 1. The van der Waals surface area contributed by atoms with E-state index in [2.05, 4.69) is 17.2 Å². The van der Waals surface area contributed by atoms with Crippen LogP contribution in [0.25, 0.3) is 10.2 Å². The van der Waals surface area contributed by atoms with Crippen molar-refractivity contribution in [2.24, 2.45) is 0 Å². The molecule has 0 saturated heterocycles. The van der Waals surface area contributed by atoms with E-state index in [9.17, 15) is 4.39 Å². The number of unbranched alkanes of at least 4 members (excludes halogenated alkanes) is 1. The van der Waals surface area contributed by atoms with E-state index in [0.717, 1.165) is 42.4 Å². The molecule has 0 fully saturated rings. The third kappa shape index (κ3) is 4.44. The van der Waals surface area contributed by atoms with Crippen LogP contribution in [0.15, 0.2) is 18.2 Å². The van der Waals surface area contributed by atoms with Gasteiger partial charge in [-0.15, -0.1) is 0 Å². The largest absolute Gasteiger partial charge is 0.381 e. The van der Waals surface area contributed by atoms with Crippen LogP contribution in [-0.4, -0.2) is 24.7 Å². The highest BCUT2D eigenvalue weighted by atomic mass is 32.1. The van der Waals surface area contributed by atoms with Crippen molar-refractivity contribution in [3.05, 3.63) is 24.0 Å². The fourth-order valence-electron chi connectivity index (χ4n) is 1.69. The number of thiazole rings is 1. The van der Waals surface area contributed by atoms with Gasteiger partial charge in [-0.1, -0.05) is 24.7 Å². The Kier molecular flexibility index (Phi) is 5.54. The van der Waals surface area contributed by atoms with Crippen LogP contribution in [0.2, 0.25) is 0 Å². The first-order chi connectivity index (χ1) is 9.29. The smallest absolute Gasteiger partial charge is 0.183 e. The van der Waals surface area contributed by atoms with Crippen molar-refractivity contribution in [3.8, 4) is 0 Å². The Morgan fingerprint density at radius 1 is 1.32 bits per heavy atom. The SMILES string of the molecule is CCCCOCCCNc1nc2cc(F)ccc2s1. The summed E-state index contributed by atoms with van der Waals surface area (Å²) in [6, 6.07) is 4.69. The fraction of sp³-hybridized carbons (Fsp3) is 0.500. The highest BCUT2D eigenvalue weighted by Gasteiger charge is 2.03. The summed E-state index contributed by atoms with van der Waals surface area (Å²) in [6.45, 7) is 4.60. The van der Waals surface area contributed by atoms with Gasteiger partial charge in [-0.25, -0.2) is 9.37 Å². The minimum atomic E-state index is -0.242. The van der Waals surface area contributed by atoms with Gasteiger partial charge in [0.2, 0.25) is 0 Å². The van der Waals surface area contributed by atoms with Crippen LogP contribution in [0, 0.1) is 5.82 Å². The first-order valence-electron chi connectivity index (χ1n) is 6.67. The summed E-state index contributed by atoms with van der Waals surface area (Å²) in [6.07, 6.45) is 3.24. The molecule has 0 unspecified atom stereocenters. The number of rotatable bonds is 8. The lowest BCUT2D eigenvalue weighted by atomic mass is 10.3. The van der Waals surface area contributed by atoms with Crippen LogP contribution in [-0.2, 0) is 4.74 Å². The number of fused-ring (bicyclic) bond motifs is 1. The summed E-state index contributed by atoms with van der Waals surface area (Å²) in [4.78, 5) is 4.35. The molecule has 0 saturated carbocycles. The molecule has 2 rings (SSSR count). The second kappa shape index (κ2) is 7.40. The lowest BCUT2D eigenvalue weighted by Gasteiger charge is -2.03. The topological polar surface area (TPSA) is 34.1 Å². The van der Waals surface area contributed by atoms with E-state index >= 15 is 0 Å². The van der Waals surface area contributed by atoms with Crippen LogP contribution in [0.4, 0.5) is 9.52 Å². The first kappa shape index (κ1) is 14.2. The van der Waals surface area contributed by atoms with Crippen LogP contribution in [0.3, 0.4) is 0 Å². The zero-order valence-corrected chi connectivity index (χ0v) is 11.9. The van der Waals surface area contributed by atoms with E-state index in [-0.39, 0.29) is 5.82 Å². The number of anilines is 1. The molecule has 0 atom stereocenters. The molecule has 0 aliphatic carbocycles. The van der Waals surface area contributed by atoms with Gasteiger partial charge in [0.05, 0.1) is 10.2 Å². The molecule has 19 heavy (non-hydrogen) atoms. The van der Waals surface area contributed by atoms with Gasteiger partial charge in [0.1, 0.15) is 5.82 Å². The Morgan fingerprint density at radius 2 is 2.16 bits per heavy atom. The highest BCUT2D eigenvalue weighted by molar-refractivity contribution is 7.22. The van der Waals surface area contributed by atoms with Gasteiger partial charge < -0.3 is 10.1 Å². The molecule has 0 amide bonds. The maximum Gasteiger partial charge on any atom is 0.183 e. The summed E-state index contributed by atoms with van der Waals surface area (Å²) in [7, 11) is 0. The fourth-order valence-corrected chi connectivity index (χ4v) is 2.57. The first-order valence-corrected chi connectivity index (χ1v) is 7.49. The molecule has 1 heterocycles. The third-order valence-corrected chi connectivity index (χ3v) is 3.73. The predicted octanol–water partition coefficient (Wildman–Crippen LogP) is 4.05. The number of aromatic nitrogens is 1. The Hall–Kier alpha value is -1.20. The summed E-state index contributed by atoms with van der Waals surface area (Å²) < 4.78 is 19.5. The monoisotopic (exact) mass is 282 g/mol. The van der Waals surface area contributed by atoms with Crippen molar-refractivity contribution in [1.82, 2.24) is 4.98 Å². The number of halogens is 1. The molecule has 0 aliphatic rings. The lowest BCUT2D eigenvalue weighted by Crippen LogP contribution is -2.05. The minimum absolute atomic E-state index is 0.242. The second-order valence-electron chi connectivity index (χ2n) is 4.38. The van der Waals surface area contributed by atoms with E-state index < -0.39 is 0 Å². The molecular weight excluding hydrogens is 263 g/mol. The maximum absolute atomic E-state index is 13.0. The number of benzene rings is 1. The van der Waals surface area contributed by atoms with Gasteiger partial charge in [-0.3, -0.25) is 0 Å². The molecule has 1 aromatic carbocycles. The Balaban J connectivity index is 1.72. The van der Waals surface area contributed by atoms with Crippen molar-refractivity contribution in [3.63, 3.8) is 0 Å². The zero-order valence-electron chi connectivity index (χ0n) is 11.1. The summed E-state index contributed by atoms with van der Waals surface area (Å²) in [5.41, 5.74) is 0.715. The zero-order chi connectivity index (χ0) is 13.5. The lowest BCUT2D eigenvalue weighted by molar-refractivity contribution is 0.131. The quantitative estimate of drug-likeness (QED) is 0.742. The van der Waals surface area contributed by atoms with Gasteiger partial charge in [0.25, 0.3) is 0 Å². The van der Waals surface area contributed by atoms with Crippen LogP contribution < -0.4 is 5.32 Å². The van der Waals surface area contributed by atoms with E-state index in [0.29, 0.717) is 5.52 Å². The number of ether oxygens (including phenoxy) is 1.